The first kappa shape index (κ1) is 19.6. The summed E-state index contributed by atoms with van der Waals surface area (Å²) in [6, 6.07) is 20.5. The molecule has 2 rings (SSSR count). The van der Waals surface area contributed by atoms with E-state index in [0.717, 1.165) is 18.4 Å². The van der Waals surface area contributed by atoms with Crippen LogP contribution in [-0.2, 0) is 4.84 Å². The van der Waals surface area contributed by atoms with Crippen LogP contribution in [0.2, 0.25) is 0 Å². The highest BCUT2D eigenvalue weighted by atomic mass is 16.7. The summed E-state index contributed by atoms with van der Waals surface area (Å²) < 4.78 is 0. The minimum atomic E-state index is -0.372. The fraction of sp³-hybridized carbons (Fsp3) is 0.455. The maximum atomic E-state index is 9.92. The van der Waals surface area contributed by atoms with Crippen molar-refractivity contribution in [3.8, 4) is 0 Å². The predicted molar refractivity (Wildman–Crippen MR) is 103 cm³/mol. The average Bonchev–Trinajstić information content (AvgIpc) is 2.62. The number of rotatable bonds is 8. The Morgan fingerprint density at radius 2 is 1.44 bits per heavy atom. The van der Waals surface area contributed by atoms with Crippen molar-refractivity contribution in [3.05, 3.63) is 71.8 Å². The van der Waals surface area contributed by atoms with Crippen LogP contribution in [0.3, 0.4) is 0 Å². The molecule has 3 nitrogen and oxygen atoms in total. The topological polar surface area (TPSA) is 32.7 Å². The van der Waals surface area contributed by atoms with Crippen molar-refractivity contribution in [1.29, 1.82) is 0 Å². The summed E-state index contributed by atoms with van der Waals surface area (Å²) in [5.41, 5.74) is 2.03. The quantitative estimate of drug-likeness (QED) is 0.662. The van der Waals surface area contributed by atoms with E-state index in [0.29, 0.717) is 0 Å². The highest BCUT2D eigenvalue weighted by Crippen LogP contribution is 2.35. The molecule has 0 saturated carbocycles. The third-order valence-electron chi connectivity index (χ3n) is 4.27. The normalized spacial score (nSPS) is 14.5. The molecule has 2 aromatic carbocycles. The molecule has 0 amide bonds. The van der Waals surface area contributed by atoms with Gasteiger partial charge >= 0.3 is 0 Å². The zero-order valence-corrected chi connectivity index (χ0v) is 15.9. The minimum Gasteiger partial charge on any atom is -0.393 e. The molecule has 0 aliphatic heterocycles. The van der Waals surface area contributed by atoms with E-state index >= 15 is 0 Å². The molecule has 3 heteroatoms. The van der Waals surface area contributed by atoms with Gasteiger partial charge in [0.05, 0.1) is 12.6 Å². The van der Waals surface area contributed by atoms with Crippen molar-refractivity contribution in [3.63, 3.8) is 0 Å². The molecule has 0 radical (unpaired) electrons. The Morgan fingerprint density at radius 1 is 0.920 bits per heavy atom. The van der Waals surface area contributed by atoms with E-state index in [1.807, 2.05) is 36.4 Å². The Balaban J connectivity index is 2.33. The summed E-state index contributed by atoms with van der Waals surface area (Å²) in [5, 5.41) is 12.0. The molecular formula is C22H31NO2. The Labute approximate surface area is 152 Å². The first-order valence-corrected chi connectivity index (χ1v) is 9.14. The second kappa shape index (κ2) is 9.14. The molecule has 136 valence electrons. The van der Waals surface area contributed by atoms with Crippen molar-refractivity contribution in [2.75, 3.05) is 6.61 Å². The molecule has 2 atom stereocenters. The van der Waals surface area contributed by atoms with Crippen molar-refractivity contribution < 1.29 is 9.94 Å². The summed E-state index contributed by atoms with van der Waals surface area (Å²) >= 11 is 0. The molecule has 25 heavy (non-hydrogen) atoms. The number of benzene rings is 2. The molecule has 0 fully saturated rings. The summed E-state index contributed by atoms with van der Waals surface area (Å²) in [5.74, 6) is 0. The number of hydroxylamine groups is 2. The SMILES string of the molecule is CCCC(c1ccccc1)N(OC(CO)c1ccccc1)C(C)(C)C. The molecule has 0 spiro atoms. The number of aliphatic hydroxyl groups excluding tert-OH is 1. The first-order chi connectivity index (χ1) is 12.0. The number of aliphatic hydroxyl groups is 1. The van der Waals surface area contributed by atoms with Gasteiger partial charge in [-0.2, -0.15) is 5.06 Å². The van der Waals surface area contributed by atoms with Crippen molar-refractivity contribution in [2.24, 2.45) is 0 Å². The molecular weight excluding hydrogens is 310 g/mol. The monoisotopic (exact) mass is 341 g/mol. The minimum absolute atomic E-state index is 0.0514. The van der Waals surface area contributed by atoms with Crippen LogP contribution < -0.4 is 0 Å². The van der Waals surface area contributed by atoms with Crippen LogP contribution >= 0.6 is 0 Å². The predicted octanol–water partition coefficient (Wildman–Crippen LogP) is 5.29. The molecule has 0 aliphatic rings. The van der Waals surface area contributed by atoms with Crippen LogP contribution in [0, 0.1) is 0 Å². The van der Waals surface area contributed by atoms with Gasteiger partial charge in [0.15, 0.2) is 0 Å². The van der Waals surface area contributed by atoms with Gasteiger partial charge in [-0.1, -0.05) is 74.0 Å². The van der Waals surface area contributed by atoms with Gasteiger partial charge in [0.1, 0.15) is 6.10 Å². The Morgan fingerprint density at radius 3 is 1.88 bits per heavy atom. The molecule has 2 unspecified atom stereocenters. The smallest absolute Gasteiger partial charge is 0.127 e. The van der Waals surface area contributed by atoms with Crippen LogP contribution in [0.4, 0.5) is 0 Å². The van der Waals surface area contributed by atoms with Crippen LogP contribution in [0.25, 0.3) is 0 Å². The Hall–Kier alpha value is -1.68. The molecule has 0 bridgehead atoms. The van der Waals surface area contributed by atoms with Crippen molar-refractivity contribution in [2.45, 2.75) is 58.2 Å². The molecule has 0 aromatic heterocycles. The molecule has 1 N–H and O–H groups in total. The third kappa shape index (κ3) is 5.40. The number of hydrogen-bond donors (Lipinski definition) is 1. The maximum absolute atomic E-state index is 9.92. The highest BCUT2D eigenvalue weighted by molar-refractivity contribution is 5.20. The summed E-state index contributed by atoms with van der Waals surface area (Å²) in [6.07, 6.45) is 1.68. The molecule has 2 aromatic rings. The highest BCUT2D eigenvalue weighted by Gasteiger charge is 2.33. The van der Waals surface area contributed by atoms with E-state index in [-0.39, 0.29) is 24.3 Å². The fourth-order valence-corrected chi connectivity index (χ4v) is 3.07. The second-order valence-electron chi connectivity index (χ2n) is 7.40. The number of nitrogens with zero attached hydrogens (tertiary/aromatic N) is 1. The van der Waals surface area contributed by atoms with Crippen LogP contribution in [-0.4, -0.2) is 22.3 Å². The summed E-state index contributed by atoms with van der Waals surface area (Å²) in [7, 11) is 0. The van der Waals surface area contributed by atoms with Gasteiger partial charge in [-0.05, 0) is 38.3 Å². The van der Waals surface area contributed by atoms with Crippen LogP contribution in [0.5, 0.6) is 0 Å². The average molecular weight is 341 g/mol. The fourth-order valence-electron chi connectivity index (χ4n) is 3.07. The molecule has 0 aliphatic carbocycles. The van der Waals surface area contributed by atoms with E-state index in [1.54, 1.807) is 0 Å². The van der Waals surface area contributed by atoms with Gasteiger partial charge in [-0.15, -0.1) is 0 Å². The van der Waals surface area contributed by atoms with Crippen LogP contribution in [0.15, 0.2) is 60.7 Å². The van der Waals surface area contributed by atoms with E-state index in [2.05, 4.69) is 57.0 Å². The van der Waals surface area contributed by atoms with Gasteiger partial charge in [0, 0.05) is 5.54 Å². The van der Waals surface area contributed by atoms with Gasteiger partial charge < -0.3 is 5.11 Å². The maximum Gasteiger partial charge on any atom is 0.127 e. The lowest BCUT2D eigenvalue weighted by atomic mass is 9.97. The third-order valence-corrected chi connectivity index (χ3v) is 4.27. The molecule has 0 saturated heterocycles. The standard InChI is InChI=1S/C22H31NO2/c1-5-12-20(18-13-8-6-9-14-18)23(22(2,3)4)25-21(17-24)19-15-10-7-11-16-19/h6-11,13-16,20-21,24H,5,12,17H2,1-4H3. The van der Waals surface area contributed by atoms with Crippen molar-refractivity contribution >= 4 is 0 Å². The van der Waals surface area contributed by atoms with E-state index < -0.39 is 0 Å². The van der Waals surface area contributed by atoms with Crippen molar-refractivity contribution in [1.82, 2.24) is 5.06 Å². The lowest BCUT2D eigenvalue weighted by Crippen LogP contribution is -2.45. The van der Waals surface area contributed by atoms with Gasteiger partial charge in [-0.3, -0.25) is 4.84 Å². The second-order valence-corrected chi connectivity index (χ2v) is 7.40. The largest absolute Gasteiger partial charge is 0.393 e. The molecule has 0 heterocycles. The van der Waals surface area contributed by atoms with E-state index in [4.69, 9.17) is 4.84 Å². The lowest BCUT2D eigenvalue weighted by molar-refractivity contribution is -0.276. The first-order valence-electron chi connectivity index (χ1n) is 9.14. The number of hydrogen-bond acceptors (Lipinski definition) is 3. The van der Waals surface area contributed by atoms with Gasteiger partial charge in [-0.25, -0.2) is 0 Å². The Kier molecular flexibility index (Phi) is 7.18. The van der Waals surface area contributed by atoms with Crippen LogP contribution in [0.1, 0.15) is 63.8 Å². The van der Waals surface area contributed by atoms with E-state index in [1.165, 1.54) is 5.56 Å². The zero-order chi connectivity index (χ0) is 18.3. The zero-order valence-electron chi connectivity index (χ0n) is 15.9. The Bertz CT molecular complexity index is 607. The van der Waals surface area contributed by atoms with Gasteiger partial charge in [0.2, 0.25) is 0 Å². The summed E-state index contributed by atoms with van der Waals surface area (Å²) in [4.78, 5) is 6.40. The summed E-state index contributed by atoms with van der Waals surface area (Å²) in [6.45, 7) is 8.59. The van der Waals surface area contributed by atoms with Gasteiger partial charge in [0.25, 0.3) is 0 Å². The van der Waals surface area contributed by atoms with E-state index in [9.17, 15) is 5.11 Å². The lowest BCUT2D eigenvalue weighted by Gasteiger charge is -2.42.